The van der Waals surface area contributed by atoms with Crippen molar-refractivity contribution < 1.29 is 14.3 Å². The van der Waals surface area contributed by atoms with Crippen molar-refractivity contribution in [1.29, 1.82) is 0 Å². The summed E-state index contributed by atoms with van der Waals surface area (Å²) in [5, 5.41) is 3.61. The number of esters is 1. The third-order valence-corrected chi connectivity index (χ3v) is 3.51. The Kier molecular flexibility index (Phi) is 5.17. The van der Waals surface area contributed by atoms with Crippen LogP contribution >= 0.6 is 11.3 Å². The van der Waals surface area contributed by atoms with Crippen molar-refractivity contribution in [3.8, 4) is 0 Å². The van der Waals surface area contributed by atoms with E-state index in [1.54, 1.807) is 21.0 Å². The molecule has 6 nitrogen and oxygen atoms in total. The Morgan fingerprint density at radius 1 is 1.37 bits per heavy atom. The van der Waals surface area contributed by atoms with Gasteiger partial charge in [-0.2, -0.15) is 0 Å². The first-order valence-electron chi connectivity index (χ1n) is 5.98. The van der Waals surface area contributed by atoms with Gasteiger partial charge in [0.1, 0.15) is 15.4 Å². The number of nitrogens with two attached hydrogens (primary N) is 1. The van der Waals surface area contributed by atoms with Crippen molar-refractivity contribution in [2.75, 3.05) is 38.3 Å². The molecule has 0 aliphatic carbocycles. The number of amides is 1. The number of nitrogen functional groups attached to an aromatic ring is 1. The van der Waals surface area contributed by atoms with Gasteiger partial charge in [0.2, 0.25) is 0 Å². The second kappa shape index (κ2) is 6.42. The summed E-state index contributed by atoms with van der Waals surface area (Å²) < 4.78 is 4.97. The van der Waals surface area contributed by atoms with Crippen molar-refractivity contribution in [2.45, 2.75) is 13.8 Å². The molecule has 1 heterocycles. The van der Waals surface area contributed by atoms with Crippen LogP contribution in [0.25, 0.3) is 0 Å². The van der Waals surface area contributed by atoms with Crippen LogP contribution in [0.2, 0.25) is 0 Å². The summed E-state index contributed by atoms with van der Waals surface area (Å²) in [6.45, 7) is 4.51. The highest BCUT2D eigenvalue weighted by atomic mass is 32.1. The van der Waals surface area contributed by atoms with Gasteiger partial charge in [-0.1, -0.05) is 0 Å². The molecule has 0 spiro atoms. The van der Waals surface area contributed by atoms with Crippen LogP contribution in [0.3, 0.4) is 0 Å². The summed E-state index contributed by atoms with van der Waals surface area (Å²) in [6.07, 6.45) is 0. The zero-order chi connectivity index (χ0) is 14.6. The monoisotopic (exact) mass is 285 g/mol. The Morgan fingerprint density at radius 2 is 2.00 bits per heavy atom. The molecule has 0 atom stereocenters. The molecule has 7 heteroatoms. The summed E-state index contributed by atoms with van der Waals surface area (Å²) in [6, 6.07) is 0. The average Bonchev–Trinajstić information content (AvgIpc) is 2.66. The fourth-order valence-electron chi connectivity index (χ4n) is 1.50. The molecule has 1 amide bonds. The van der Waals surface area contributed by atoms with E-state index in [1.165, 1.54) is 16.2 Å². The van der Waals surface area contributed by atoms with Crippen LogP contribution in [-0.4, -0.2) is 44.0 Å². The van der Waals surface area contributed by atoms with Gasteiger partial charge < -0.3 is 20.7 Å². The molecule has 0 radical (unpaired) electrons. The van der Waals surface area contributed by atoms with Gasteiger partial charge in [-0.3, -0.25) is 4.79 Å². The van der Waals surface area contributed by atoms with Gasteiger partial charge in [-0.25, -0.2) is 4.79 Å². The normalized spacial score (nSPS) is 10.1. The number of ether oxygens (including phenoxy) is 1. The molecule has 0 bridgehead atoms. The van der Waals surface area contributed by atoms with Gasteiger partial charge in [0.15, 0.2) is 0 Å². The molecule has 1 rings (SSSR count). The zero-order valence-corrected chi connectivity index (χ0v) is 12.4. The number of hydrogen-bond acceptors (Lipinski definition) is 6. The van der Waals surface area contributed by atoms with E-state index in [-0.39, 0.29) is 23.8 Å². The number of thiophene rings is 1. The standard InChI is InChI=1S/C12H19N3O3S/c1-5-14-10-7(12(17)18-6-2)8(13)9(19-10)11(16)15(3)4/h14H,5-6,13H2,1-4H3. The quantitative estimate of drug-likeness (QED) is 0.803. The molecular formula is C12H19N3O3S. The van der Waals surface area contributed by atoms with E-state index in [9.17, 15) is 9.59 Å². The third-order valence-electron chi connectivity index (χ3n) is 2.36. The Labute approximate surface area is 116 Å². The summed E-state index contributed by atoms with van der Waals surface area (Å²) in [5.41, 5.74) is 6.35. The lowest BCUT2D eigenvalue weighted by atomic mass is 10.2. The SMILES string of the molecule is CCNc1sc(C(=O)N(C)C)c(N)c1C(=O)OCC. The maximum absolute atomic E-state index is 12.0. The van der Waals surface area contributed by atoms with Crippen molar-refractivity contribution >= 4 is 33.9 Å². The maximum Gasteiger partial charge on any atom is 0.343 e. The molecular weight excluding hydrogens is 266 g/mol. The van der Waals surface area contributed by atoms with Crippen molar-refractivity contribution in [3.63, 3.8) is 0 Å². The Balaban J connectivity index is 3.27. The Morgan fingerprint density at radius 3 is 2.47 bits per heavy atom. The lowest BCUT2D eigenvalue weighted by Crippen LogP contribution is -2.21. The van der Waals surface area contributed by atoms with E-state index < -0.39 is 5.97 Å². The van der Waals surface area contributed by atoms with Crippen molar-refractivity contribution in [1.82, 2.24) is 4.90 Å². The lowest BCUT2D eigenvalue weighted by molar-refractivity contribution is 0.0529. The summed E-state index contributed by atoms with van der Waals surface area (Å²) in [7, 11) is 3.27. The van der Waals surface area contributed by atoms with Crippen LogP contribution < -0.4 is 11.1 Å². The lowest BCUT2D eigenvalue weighted by Gasteiger charge is -2.08. The smallest absolute Gasteiger partial charge is 0.343 e. The summed E-state index contributed by atoms with van der Waals surface area (Å²) >= 11 is 1.17. The molecule has 0 aliphatic heterocycles. The highest BCUT2D eigenvalue weighted by Gasteiger charge is 2.26. The van der Waals surface area contributed by atoms with Crippen LogP contribution in [-0.2, 0) is 4.74 Å². The number of hydrogen-bond donors (Lipinski definition) is 2. The zero-order valence-electron chi connectivity index (χ0n) is 11.6. The van der Waals surface area contributed by atoms with E-state index in [0.29, 0.717) is 16.4 Å². The van der Waals surface area contributed by atoms with Crippen LogP contribution in [0.4, 0.5) is 10.7 Å². The molecule has 19 heavy (non-hydrogen) atoms. The Bertz CT molecular complexity index is 483. The first kappa shape index (κ1) is 15.3. The van der Waals surface area contributed by atoms with Gasteiger partial charge >= 0.3 is 5.97 Å². The average molecular weight is 285 g/mol. The topological polar surface area (TPSA) is 84.7 Å². The second-order valence-corrected chi connectivity index (χ2v) is 5.02. The number of carbonyl (C=O) groups excluding carboxylic acids is 2. The van der Waals surface area contributed by atoms with Crippen LogP contribution in [0.5, 0.6) is 0 Å². The minimum atomic E-state index is -0.509. The molecule has 0 unspecified atom stereocenters. The van der Waals surface area contributed by atoms with Crippen LogP contribution in [0.15, 0.2) is 0 Å². The molecule has 1 aromatic rings. The van der Waals surface area contributed by atoms with E-state index in [1.807, 2.05) is 6.92 Å². The van der Waals surface area contributed by atoms with E-state index in [0.717, 1.165) is 0 Å². The van der Waals surface area contributed by atoms with Gasteiger partial charge in [-0.15, -0.1) is 11.3 Å². The van der Waals surface area contributed by atoms with E-state index >= 15 is 0 Å². The van der Waals surface area contributed by atoms with Crippen molar-refractivity contribution in [2.24, 2.45) is 0 Å². The summed E-state index contributed by atoms with van der Waals surface area (Å²) in [4.78, 5) is 25.7. The fourth-order valence-corrected chi connectivity index (χ4v) is 2.69. The molecule has 0 saturated heterocycles. The molecule has 0 fully saturated rings. The molecule has 0 aromatic carbocycles. The van der Waals surface area contributed by atoms with Gasteiger partial charge in [0, 0.05) is 20.6 Å². The predicted octanol–water partition coefficient (Wildman–Crippen LogP) is 1.64. The number of rotatable bonds is 5. The van der Waals surface area contributed by atoms with Crippen LogP contribution in [0.1, 0.15) is 33.9 Å². The Hall–Kier alpha value is -1.76. The first-order chi connectivity index (χ1) is 8.93. The largest absolute Gasteiger partial charge is 0.462 e. The third kappa shape index (κ3) is 3.17. The maximum atomic E-state index is 12.0. The summed E-state index contributed by atoms with van der Waals surface area (Å²) in [5.74, 6) is -0.734. The number of anilines is 2. The molecule has 0 saturated carbocycles. The van der Waals surface area contributed by atoms with Gasteiger partial charge in [0.25, 0.3) is 5.91 Å². The number of nitrogens with zero attached hydrogens (tertiary/aromatic N) is 1. The number of nitrogens with one attached hydrogen (secondary N) is 1. The van der Waals surface area contributed by atoms with Gasteiger partial charge in [0.05, 0.1) is 12.3 Å². The fraction of sp³-hybridized carbons (Fsp3) is 0.500. The van der Waals surface area contributed by atoms with E-state index in [4.69, 9.17) is 10.5 Å². The highest BCUT2D eigenvalue weighted by Crippen LogP contribution is 2.36. The first-order valence-corrected chi connectivity index (χ1v) is 6.80. The molecule has 3 N–H and O–H groups in total. The molecule has 106 valence electrons. The molecule has 0 aliphatic rings. The minimum absolute atomic E-state index is 0.179. The molecule has 1 aromatic heterocycles. The van der Waals surface area contributed by atoms with Crippen LogP contribution in [0, 0.1) is 0 Å². The second-order valence-electron chi connectivity index (χ2n) is 4.00. The predicted molar refractivity (Wildman–Crippen MR) is 76.9 cm³/mol. The highest BCUT2D eigenvalue weighted by molar-refractivity contribution is 7.19. The van der Waals surface area contributed by atoms with Crippen molar-refractivity contribution in [3.05, 3.63) is 10.4 Å². The van der Waals surface area contributed by atoms with E-state index in [2.05, 4.69) is 5.32 Å². The number of carbonyl (C=O) groups is 2. The van der Waals surface area contributed by atoms with Gasteiger partial charge in [-0.05, 0) is 13.8 Å². The minimum Gasteiger partial charge on any atom is -0.462 e.